The van der Waals surface area contributed by atoms with Crippen LogP contribution in [-0.2, 0) is 0 Å². The Kier molecular flexibility index (Phi) is 3.67. The van der Waals surface area contributed by atoms with E-state index < -0.39 is 0 Å². The maximum absolute atomic E-state index is 4.12. The molecule has 3 atom stereocenters. The zero-order chi connectivity index (χ0) is 14.7. The zero-order valence-corrected chi connectivity index (χ0v) is 15.4. The SMILES string of the molecule is C=C(C)C[C@H]1N[C@H]2CC(C)(C)[C@@H]1c1c(Br)ccc(Br)c12. The Bertz CT molecular complexity index is 577. The van der Waals surface area contributed by atoms with E-state index in [1.165, 1.54) is 32.1 Å². The van der Waals surface area contributed by atoms with Gasteiger partial charge >= 0.3 is 0 Å². The van der Waals surface area contributed by atoms with Crippen molar-refractivity contribution in [2.45, 2.75) is 51.6 Å². The number of rotatable bonds is 2. The monoisotopic (exact) mass is 397 g/mol. The van der Waals surface area contributed by atoms with Crippen LogP contribution in [-0.4, -0.2) is 6.04 Å². The molecule has 0 radical (unpaired) electrons. The lowest BCUT2D eigenvalue weighted by Gasteiger charge is -2.55. The molecule has 1 N–H and O–H groups in total. The van der Waals surface area contributed by atoms with Crippen molar-refractivity contribution in [3.63, 3.8) is 0 Å². The molecule has 3 heteroatoms. The minimum absolute atomic E-state index is 0.326. The number of halogens is 2. The Hall–Kier alpha value is -0.120. The first-order valence-corrected chi connectivity index (χ1v) is 8.78. The summed E-state index contributed by atoms with van der Waals surface area (Å²) in [5, 5.41) is 3.85. The Morgan fingerprint density at radius 1 is 1.30 bits per heavy atom. The van der Waals surface area contributed by atoms with Gasteiger partial charge in [0.15, 0.2) is 0 Å². The molecule has 3 aliphatic rings. The number of nitrogens with one attached hydrogen (secondary N) is 1. The number of hydrogen-bond acceptors (Lipinski definition) is 1. The largest absolute Gasteiger partial charge is 0.306 e. The Morgan fingerprint density at radius 2 is 1.90 bits per heavy atom. The highest BCUT2D eigenvalue weighted by molar-refractivity contribution is 9.11. The van der Waals surface area contributed by atoms with Gasteiger partial charge in [-0.15, -0.1) is 6.58 Å². The Balaban J connectivity index is 2.16. The molecule has 2 aliphatic heterocycles. The summed E-state index contributed by atoms with van der Waals surface area (Å²) in [4.78, 5) is 0. The van der Waals surface area contributed by atoms with Gasteiger partial charge in [-0.05, 0) is 48.4 Å². The van der Waals surface area contributed by atoms with Gasteiger partial charge in [0.2, 0.25) is 0 Å². The lowest BCUT2D eigenvalue weighted by Crippen LogP contribution is -2.54. The maximum atomic E-state index is 4.12. The molecule has 0 unspecified atom stereocenters. The molecule has 0 amide bonds. The van der Waals surface area contributed by atoms with Crippen LogP contribution < -0.4 is 5.32 Å². The van der Waals surface area contributed by atoms with Crippen molar-refractivity contribution in [3.8, 4) is 0 Å². The van der Waals surface area contributed by atoms with Crippen molar-refractivity contribution in [1.82, 2.24) is 5.32 Å². The summed E-state index contributed by atoms with van der Waals surface area (Å²) in [7, 11) is 0. The molecular weight excluding hydrogens is 378 g/mol. The van der Waals surface area contributed by atoms with E-state index in [0.29, 0.717) is 23.4 Å². The fourth-order valence-corrected chi connectivity index (χ4v) is 5.41. The number of benzene rings is 1. The molecular formula is C17H21Br2N. The van der Waals surface area contributed by atoms with Gasteiger partial charge < -0.3 is 5.32 Å². The van der Waals surface area contributed by atoms with Crippen molar-refractivity contribution in [3.05, 3.63) is 44.4 Å². The summed E-state index contributed by atoms with van der Waals surface area (Å²) in [6.07, 6.45) is 2.26. The molecule has 1 saturated heterocycles. The van der Waals surface area contributed by atoms with Gasteiger partial charge in [0.05, 0.1) is 0 Å². The highest BCUT2D eigenvalue weighted by Gasteiger charge is 2.50. The summed E-state index contributed by atoms with van der Waals surface area (Å²) in [5.74, 6) is 0.533. The normalized spacial score (nSPS) is 30.1. The number of fused-ring (bicyclic) bond motifs is 2. The van der Waals surface area contributed by atoms with Crippen LogP contribution >= 0.6 is 31.9 Å². The van der Waals surface area contributed by atoms with E-state index in [9.17, 15) is 0 Å². The van der Waals surface area contributed by atoms with E-state index in [1.807, 2.05) is 0 Å². The summed E-state index contributed by atoms with van der Waals surface area (Å²) in [6, 6.07) is 5.28. The lowest BCUT2D eigenvalue weighted by atomic mass is 9.58. The summed E-state index contributed by atoms with van der Waals surface area (Å²) in [6.45, 7) is 11.1. The fourth-order valence-electron chi connectivity index (χ4n) is 4.19. The summed E-state index contributed by atoms with van der Waals surface area (Å²) >= 11 is 7.54. The Morgan fingerprint density at radius 3 is 2.50 bits per heavy atom. The second-order valence-electron chi connectivity index (χ2n) is 7.01. The van der Waals surface area contributed by atoms with Crippen molar-refractivity contribution < 1.29 is 0 Å². The molecule has 20 heavy (non-hydrogen) atoms. The van der Waals surface area contributed by atoms with Crippen LogP contribution in [0.25, 0.3) is 0 Å². The molecule has 1 nitrogen and oxygen atoms in total. The minimum Gasteiger partial charge on any atom is -0.306 e. The average molecular weight is 399 g/mol. The molecule has 1 aromatic carbocycles. The van der Waals surface area contributed by atoms with Gasteiger partial charge in [-0.3, -0.25) is 0 Å². The molecule has 0 saturated carbocycles. The van der Waals surface area contributed by atoms with Gasteiger partial charge in [0, 0.05) is 26.9 Å². The van der Waals surface area contributed by atoms with Gasteiger partial charge in [-0.25, -0.2) is 0 Å². The topological polar surface area (TPSA) is 12.0 Å². The van der Waals surface area contributed by atoms with E-state index in [0.717, 1.165) is 6.42 Å². The van der Waals surface area contributed by atoms with Gasteiger partial charge in [-0.2, -0.15) is 0 Å². The predicted octanol–water partition coefficient (Wildman–Crippen LogP) is 5.70. The third-order valence-corrected chi connectivity index (χ3v) is 6.18. The number of hydrogen-bond donors (Lipinski definition) is 1. The molecule has 1 aliphatic carbocycles. The third-order valence-electron chi connectivity index (χ3n) is 4.80. The smallest absolute Gasteiger partial charge is 0.0342 e. The van der Waals surface area contributed by atoms with Crippen LogP contribution in [0.3, 0.4) is 0 Å². The Labute approximate surface area is 138 Å². The summed E-state index contributed by atoms with van der Waals surface area (Å²) < 4.78 is 2.49. The second kappa shape index (κ2) is 4.96. The molecule has 0 aromatic heterocycles. The highest BCUT2D eigenvalue weighted by Crippen LogP contribution is 2.58. The molecule has 1 aromatic rings. The maximum Gasteiger partial charge on any atom is 0.0342 e. The van der Waals surface area contributed by atoms with E-state index >= 15 is 0 Å². The number of piperidine rings is 1. The van der Waals surface area contributed by atoms with Gasteiger partial charge in [0.25, 0.3) is 0 Å². The van der Waals surface area contributed by atoms with Crippen LogP contribution in [0.2, 0.25) is 0 Å². The lowest BCUT2D eigenvalue weighted by molar-refractivity contribution is 0.102. The fraction of sp³-hybridized carbons (Fsp3) is 0.529. The van der Waals surface area contributed by atoms with Crippen molar-refractivity contribution >= 4 is 31.9 Å². The van der Waals surface area contributed by atoms with E-state index in [2.05, 4.69) is 76.7 Å². The van der Waals surface area contributed by atoms with Crippen LogP contribution in [0.1, 0.15) is 56.7 Å². The molecule has 1 fully saturated rings. The summed E-state index contributed by atoms with van der Waals surface area (Å²) in [5.41, 5.74) is 4.55. The molecule has 0 spiro atoms. The zero-order valence-electron chi connectivity index (χ0n) is 12.3. The van der Waals surface area contributed by atoms with Crippen LogP contribution in [0.5, 0.6) is 0 Å². The third kappa shape index (κ3) is 2.22. The molecule has 4 rings (SSSR count). The first-order chi connectivity index (χ1) is 9.31. The average Bonchev–Trinajstić information content (AvgIpc) is 2.31. The standard InChI is InChI=1S/C17H21Br2N/c1-9(2)7-12-16-15-11(19)6-5-10(18)14(15)13(20-12)8-17(16,3)4/h5-6,12-13,16,20H,1,7-8H2,2-4H3/t12-,13+,16+/m1/s1. The van der Waals surface area contributed by atoms with E-state index in [-0.39, 0.29) is 0 Å². The first kappa shape index (κ1) is 14.8. The van der Waals surface area contributed by atoms with Crippen LogP contribution in [0.4, 0.5) is 0 Å². The van der Waals surface area contributed by atoms with Crippen molar-refractivity contribution in [2.24, 2.45) is 5.41 Å². The molecule has 2 bridgehead atoms. The van der Waals surface area contributed by atoms with E-state index in [4.69, 9.17) is 0 Å². The highest BCUT2D eigenvalue weighted by atomic mass is 79.9. The van der Waals surface area contributed by atoms with E-state index in [1.54, 1.807) is 0 Å². The van der Waals surface area contributed by atoms with Crippen molar-refractivity contribution in [1.29, 1.82) is 0 Å². The van der Waals surface area contributed by atoms with Gasteiger partial charge in [0.1, 0.15) is 0 Å². The predicted molar refractivity (Wildman–Crippen MR) is 92.1 cm³/mol. The molecule has 2 heterocycles. The van der Waals surface area contributed by atoms with Gasteiger partial charge in [-0.1, -0.05) is 51.3 Å². The van der Waals surface area contributed by atoms with Crippen molar-refractivity contribution in [2.75, 3.05) is 0 Å². The minimum atomic E-state index is 0.326. The first-order valence-electron chi connectivity index (χ1n) is 7.19. The quantitative estimate of drug-likeness (QED) is 0.629. The van der Waals surface area contributed by atoms with Crippen LogP contribution in [0.15, 0.2) is 33.2 Å². The second-order valence-corrected chi connectivity index (χ2v) is 8.72. The molecule has 108 valence electrons. The van der Waals surface area contributed by atoms with Crippen LogP contribution in [0, 0.1) is 5.41 Å².